The summed E-state index contributed by atoms with van der Waals surface area (Å²) in [5, 5.41) is 2.85. The molecule has 0 bridgehead atoms. The topological polar surface area (TPSA) is 87.7 Å². The van der Waals surface area contributed by atoms with Gasteiger partial charge in [-0.1, -0.05) is 12.1 Å². The Morgan fingerprint density at radius 2 is 1.74 bits per heavy atom. The van der Waals surface area contributed by atoms with Crippen LogP contribution in [-0.4, -0.2) is 57.6 Å². The Bertz CT molecular complexity index is 988. The van der Waals surface area contributed by atoms with E-state index in [9.17, 15) is 17.6 Å². The number of nitrogens with zero attached hydrogens (tertiary/aromatic N) is 1. The van der Waals surface area contributed by atoms with Crippen LogP contribution in [0.5, 0.6) is 0 Å². The number of benzene rings is 2. The molecule has 2 atom stereocenters. The summed E-state index contributed by atoms with van der Waals surface area (Å²) < 4.78 is 46.4. The van der Waals surface area contributed by atoms with Crippen LogP contribution in [-0.2, 0) is 14.8 Å². The Morgan fingerprint density at radius 1 is 1.10 bits per heavy atom. The number of para-hydroxylation sites is 1. The van der Waals surface area contributed by atoms with Crippen molar-refractivity contribution in [2.24, 2.45) is 0 Å². The lowest BCUT2D eigenvalue weighted by Crippen LogP contribution is -2.46. The van der Waals surface area contributed by atoms with Crippen molar-refractivity contribution >= 4 is 21.6 Å². The van der Waals surface area contributed by atoms with Crippen LogP contribution in [0, 0.1) is 5.82 Å². The molecule has 0 aliphatic carbocycles. The number of carbonyl (C=O) groups is 1. The molecule has 31 heavy (non-hydrogen) atoms. The molecular formula is C22H28FN3O4S. The quantitative estimate of drug-likeness (QED) is 0.605. The molecule has 2 aromatic carbocycles. The van der Waals surface area contributed by atoms with Gasteiger partial charge < -0.3 is 10.1 Å². The Hall–Kier alpha value is -2.49. The Morgan fingerprint density at radius 3 is 2.42 bits per heavy atom. The summed E-state index contributed by atoms with van der Waals surface area (Å²) >= 11 is 0. The first-order valence-electron chi connectivity index (χ1n) is 10.3. The standard InChI is InChI=1S/C22H28FN3O4S/c1-16-14-26(15-17(2)30-16)13-5-12-24-22(27)20-6-3-4-7-21(20)25-31(28,29)19-10-8-18(23)9-11-19/h3-4,6-11,16-17,25H,5,12-15H2,1-2H3,(H,24,27). The van der Waals surface area contributed by atoms with Crippen LogP contribution >= 0.6 is 0 Å². The van der Waals surface area contributed by atoms with Crippen LogP contribution in [0.4, 0.5) is 10.1 Å². The van der Waals surface area contributed by atoms with Crippen LogP contribution in [0.25, 0.3) is 0 Å². The number of sulfonamides is 1. The normalized spacial score (nSPS) is 19.7. The van der Waals surface area contributed by atoms with Gasteiger partial charge in [0.15, 0.2) is 0 Å². The first kappa shape index (κ1) is 23.2. The molecule has 2 aromatic rings. The van der Waals surface area contributed by atoms with E-state index in [1.807, 2.05) is 13.8 Å². The fourth-order valence-electron chi connectivity index (χ4n) is 3.65. The third-order valence-electron chi connectivity index (χ3n) is 4.97. The van der Waals surface area contributed by atoms with Gasteiger partial charge >= 0.3 is 0 Å². The summed E-state index contributed by atoms with van der Waals surface area (Å²) in [6, 6.07) is 10.9. The van der Waals surface area contributed by atoms with Gasteiger partial charge in [0.2, 0.25) is 0 Å². The number of rotatable bonds is 8. The lowest BCUT2D eigenvalue weighted by molar-refractivity contribution is -0.0680. The second-order valence-corrected chi connectivity index (χ2v) is 9.41. The highest BCUT2D eigenvalue weighted by Crippen LogP contribution is 2.20. The molecule has 3 rings (SSSR count). The summed E-state index contributed by atoms with van der Waals surface area (Å²) in [5.74, 6) is -0.888. The number of ether oxygens (including phenoxy) is 1. The zero-order chi connectivity index (χ0) is 22.4. The van der Waals surface area contributed by atoms with Gasteiger partial charge in [0.25, 0.3) is 15.9 Å². The molecule has 1 heterocycles. The molecule has 0 aromatic heterocycles. The van der Waals surface area contributed by atoms with Crippen molar-refractivity contribution in [2.75, 3.05) is 30.9 Å². The first-order chi connectivity index (χ1) is 14.7. The van der Waals surface area contributed by atoms with E-state index in [1.54, 1.807) is 18.2 Å². The number of carbonyl (C=O) groups excluding carboxylic acids is 1. The maximum absolute atomic E-state index is 13.1. The maximum atomic E-state index is 13.1. The molecule has 9 heteroatoms. The van der Waals surface area contributed by atoms with E-state index >= 15 is 0 Å². The number of hydrogen-bond acceptors (Lipinski definition) is 5. The van der Waals surface area contributed by atoms with E-state index in [0.29, 0.717) is 6.54 Å². The Balaban J connectivity index is 1.58. The summed E-state index contributed by atoms with van der Waals surface area (Å²) in [7, 11) is -3.95. The SMILES string of the molecule is CC1CN(CCCNC(=O)c2ccccc2NS(=O)(=O)c2ccc(F)cc2)CC(C)O1. The molecule has 0 spiro atoms. The number of amides is 1. The molecule has 1 aliphatic heterocycles. The molecule has 168 valence electrons. The zero-order valence-electron chi connectivity index (χ0n) is 17.7. The van der Waals surface area contributed by atoms with Gasteiger partial charge in [-0.3, -0.25) is 14.4 Å². The van der Waals surface area contributed by atoms with E-state index in [4.69, 9.17) is 4.74 Å². The number of morpholine rings is 1. The minimum Gasteiger partial charge on any atom is -0.373 e. The first-order valence-corrected chi connectivity index (χ1v) is 11.8. The molecule has 1 amide bonds. The molecular weight excluding hydrogens is 421 g/mol. The molecule has 1 saturated heterocycles. The van der Waals surface area contributed by atoms with Gasteiger partial charge in [0, 0.05) is 26.2 Å². The fourth-order valence-corrected chi connectivity index (χ4v) is 4.73. The van der Waals surface area contributed by atoms with Gasteiger partial charge in [-0.25, -0.2) is 12.8 Å². The highest BCUT2D eigenvalue weighted by molar-refractivity contribution is 7.92. The van der Waals surface area contributed by atoms with Crippen molar-refractivity contribution in [3.63, 3.8) is 0 Å². The lowest BCUT2D eigenvalue weighted by Gasteiger charge is -2.35. The van der Waals surface area contributed by atoms with Gasteiger partial charge in [-0.15, -0.1) is 0 Å². The van der Waals surface area contributed by atoms with E-state index in [-0.39, 0.29) is 34.3 Å². The monoisotopic (exact) mass is 449 g/mol. The number of anilines is 1. The van der Waals surface area contributed by atoms with Crippen molar-refractivity contribution < 1.29 is 22.3 Å². The smallest absolute Gasteiger partial charge is 0.261 e. The average Bonchev–Trinajstić information content (AvgIpc) is 2.71. The minimum atomic E-state index is -3.95. The predicted octanol–water partition coefficient (Wildman–Crippen LogP) is 2.86. The van der Waals surface area contributed by atoms with Crippen molar-refractivity contribution in [2.45, 2.75) is 37.4 Å². The van der Waals surface area contributed by atoms with E-state index in [1.165, 1.54) is 18.2 Å². The second-order valence-electron chi connectivity index (χ2n) is 7.73. The molecule has 1 aliphatic rings. The van der Waals surface area contributed by atoms with E-state index < -0.39 is 15.8 Å². The van der Waals surface area contributed by atoms with Crippen molar-refractivity contribution in [3.8, 4) is 0 Å². The van der Waals surface area contributed by atoms with Crippen molar-refractivity contribution in [1.82, 2.24) is 10.2 Å². The van der Waals surface area contributed by atoms with Gasteiger partial charge in [0.05, 0.1) is 28.4 Å². The lowest BCUT2D eigenvalue weighted by atomic mass is 10.1. The third-order valence-corrected chi connectivity index (χ3v) is 6.35. The second kappa shape index (κ2) is 10.2. The summed E-state index contributed by atoms with van der Waals surface area (Å²) in [5.41, 5.74) is 0.391. The van der Waals surface area contributed by atoms with Crippen LogP contribution in [0.2, 0.25) is 0 Å². The number of halogens is 1. The Kier molecular flexibility index (Phi) is 7.64. The van der Waals surface area contributed by atoms with E-state index in [2.05, 4.69) is 14.9 Å². The molecule has 0 radical (unpaired) electrons. The highest BCUT2D eigenvalue weighted by Gasteiger charge is 2.22. The largest absolute Gasteiger partial charge is 0.373 e. The zero-order valence-corrected chi connectivity index (χ0v) is 18.5. The molecule has 2 unspecified atom stereocenters. The highest BCUT2D eigenvalue weighted by atomic mass is 32.2. The Labute approximate surface area is 182 Å². The van der Waals surface area contributed by atoms with Crippen LogP contribution < -0.4 is 10.0 Å². The number of nitrogens with one attached hydrogen (secondary N) is 2. The minimum absolute atomic E-state index is 0.0851. The maximum Gasteiger partial charge on any atom is 0.261 e. The van der Waals surface area contributed by atoms with Crippen LogP contribution in [0.1, 0.15) is 30.6 Å². The van der Waals surface area contributed by atoms with Gasteiger partial charge in [-0.05, 0) is 56.7 Å². The van der Waals surface area contributed by atoms with E-state index in [0.717, 1.165) is 38.2 Å². The summed E-state index contributed by atoms with van der Waals surface area (Å²) in [6.45, 7) is 7.15. The number of hydrogen-bond donors (Lipinski definition) is 2. The molecule has 2 N–H and O–H groups in total. The van der Waals surface area contributed by atoms with Crippen LogP contribution in [0.15, 0.2) is 53.4 Å². The van der Waals surface area contributed by atoms with Crippen molar-refractivity contribution in [1.29, 1.82) is 0 Å². The summed E-state index contributed by atoms with van der Waals surface area (Å²) in [6.07, 6.45) is 1.16. The molecule has 7 nitrogen and oxygen atoms in total. The average molecular weight is 450 g/mol. The van der Waals surface area contributed by atoms with Gasteiger partial charge in [-0.2, -0.15) is 0 Å². The van der Waals surface area contributed by atoms with Crippen LogP contribution in [0.3, 0.4) is 0 Å². The van der Waals surface area contributed by atoms with Gasteiger partial charge in [0.1, 0.15) is 5.82 Å². The molecule has 1 fully saturated rings. The predicted molar refractivity (Wildman–Crippen MR) is 117 cm³/mol. The molecule has 0 saturated carbocycles. The van der Waals surface area contributed by atoms with Crippen molar-refractivity contribution in [3.05, 3.63) is 59.9 Å². The fraction of sp³-hybridized carbons (Fsp3) is 0.409. The summed E-state index contributed by atoms with van der Waals surface area (Å²) in [4.78, 5) is 14.9. The third kappa shape index (κ3) is 6.49.